The molecule has 1 aromatic rings. The zero-order valence-electron chi connectivity index (χ0n) is 11.6. The number of amides is 1. The predicted octanol–water partition coefficient (Wildman–Crippen LogP) is 2.55. The van der Waals surface area contributed by atoms with E-state index < -0.39 is 0 Å². The lowest BCUT2D eigenvalue weighted by Gasteiger charge is -2.11. The zero-order chi connectivity index (χ0) is 13.7. The number of benzene rings is 1. The molecule has 0 unspecified atom stereocenters. The molecule has 1 aliphatic rings. The van der Waals surface area contributed by atoms with Gasteiger partial charge in [-0.3, -0.25) is 4.79 Å². The summed E-state index contributed by atoms with van der Waals surface area (Å²) in [5.74, 6) is 1.00. The molecule has 4 heteroatoms. The van der Waals surface area contributed by atoms with E-state index in [1.807, 2.05) is 38.1 Å². The molecule has 0 aliphatic heterocycles. The van der Waals surface area contributed by atoms with Gasteiger partial charge in [0.05, 0.1) is 6.10 Å². The molecular weight excluding hydrogens is 240 g/mol. The van der Waals surface area contributed by atoms with Gasteiger partial charge in [0.15, 0.2) is 0 Å². The van der Waals surface area contributed by atoms with Crippen molar-refractivity contribution in [3.05, 3.63) is 24.3 Å². The molecule has 1 aliphatic carbocycles. The largest absolute Gasteiger partial charge is 0.491 e. The van der Waals surface area contributed by atoms with Crippen LogP contribution in [0.1, 0.15) is 33.1 Å². The van der Waals surface area contributed by atoms with Gasteiger partial charge in [0, 0.05) is 24.7 Å². The molecular formula is C15H22N2O2. The fourth-order valence-electron chi connectivity index (χ4n) is 1.77. The Labute approximate surface area is 114 Å². The van der Waals surface area contributed by atoms with Gasteiger partial charge in [0.2, 0.25) is 5.91 Å². The third kappa shape index (κ3) is 5.20. The summed E-state index contributed by atoms with van der Waals surface area (Å²) in [7, 11) is 0. The molecule has 19 heavy (non-hydrogen) atoms. The van der Waals surface area contributed by atoms with Crippen LogP contribution in [0.5, 0.6) is 5.75 Å². The summed E-state index contributed by atoms with van der Waals surface area (Å²) >= 11 is 0. The van der Waals surface area contributed by atoms with Crippen LogP contribution in [0.15, 0.2) is 24.3 Å². The maximum atomic E-state index is 11.5. The number of hydrogen-bond donors (Lipinski definition) is 2. The summed E-state index contributed by atoms with van der Waals surface area (Å²) in [4.78, 5) is 11.5. The molecule has 0 heterocycles. The van der Waals surface area contributed by atoms with Crippen molar-refractivity contribution < 1.29 is 9.53 Å². The zero-order valence-corrected chi connectivity index (χ0v) is 11.6. The summed E-state index contributed by atoms with van der Waals surface area (Å²) in [5, 5.41) is 6.21. The van der Waals surface area contributed by atoms with Crippen LogP contribution in [0.2, 0.25) is 0 Å². The highest BCUT2D eigenvalue weighted by atomic mass is 16.5. The van der Waals surface area contributed by atoms with Crippen molar-refractivity contribution in [1.82, 2.24) is 5.32 Å². The second-order valence-corrected chi connectivity index (χ2v) is 5.21. The minimum atomic E-state index is 0.134. The van der Waals surface area contributed by atoms with Crippen molar-refractivity contribution in [3.8, 4) is 5.75 Å². The Morgan fingerprint density at radius 2 is 2.00 bits per heavy atom. The van der Waals surface area contributed by atoms with Crippen LogP contribution in [0.4, 0.5) is 5.69 Å². The summed E-state index contributed by atoms with van der Waals surface area (Å²) < 4.78 is 5.57. The Kier molecular flexibility index (Phi) is 4.66. The van der Waals surface area contributed by atoms with Gasteiger partial charge in [-0.25, -0.2) is 0 Å². The first kappa shape index (κ1) is 13.7. The van der Waals surface area contributed by atoms with E-state index in [1.54, 1.807) is 0 Å². The van der Waals surface area contributed by atoms with Gasteiger partial charge >= 0.3 is 0 Å². The van der Waals surface area contributed by atoms with Gasteiger partial charge < -0.3 is 15.4 Å². The van der Waals surface area contributed by atoms with Gasteiger partial charge in [-0.2, -0.15) is 0 Å². The molecule has 1 aromatic carbocycles. The van der Waals surface area contributed by atoms with E-state index in [0.29, 0.717) is 19.0 Å². The van der Waals surface area contributed by atoms with Crippen LogP contribution < -0.4 is 15.4 Å². The molecule has 104 valence electrons. The van der Waals surface area contributed by atoms with Crippen LogP contribution in [-0.2, 0) is 4.79 Å². The topological polar surface area (TPSA) is 50.4 Å². The summed E-state index contributed by atoms with van der Waals surface area (Å²) in [6.07, 6.45) is 2.97. The van der Waals surface area contributed by atoms with E-state index in [4.69, 9.17) is 4.74 Å². The van der Waals surface area contributed by atoms with Crippen LogP contribution in [-0.4, -0.2) is 24.6 Å². The van der Waals surface area contributed by atoms with Gasteiger partial charge in [0.1, 0.15) is 5.75 Å². The molecule has 1 saturated carbocycles. The number of hydrogen-bond acceptors (Lipinski definition) is 3. The van der Waals surface area contributed by atoms with Crippen LogP contribution >= 0.6 is 0 Å². The van der Waals surface area contributed by atoms with Crippen molar-refractivity contribution in [1.29, 1.82) is 0 Å². The fraction of sp³-hybridized carbons (Fsp3) is 0.533. The molecule has 2 N–H and O–H groups in total. The molecule has 0 spiro atoms. The molecule has 2 rings (SSSR count). The van der Waals surface area contributed by atoms with Gasteiger partial charge in [-0.05, 0) is 51.0 Å². The molecule has 0 saturated heterocycles. The van der Waals surface area contributed by atoms with Crippen molar-refractivity contribution in [2.24, 2.45) is 0 Å². The smallest absolute Gasteiger partial charge is 0.221 e. The normalized spacial score (nSPS) is 14.3. The maximum absolute atomic E-state index is 11.5. The number of rotatable bonds is 7. The number of ether oxygens (including phenoxy) is 1. The number of nitrogens with one attached hydrogen (secondary N) is 2. The minimum absolute atomic E-state index is 0.134. The molecule has 0 bridgehead atoms. The second-order valence-electron chi connectivity index (χ2n) is 5.21. The predicted molar refractivity (Wildman–Crippen MR) is 76.5 cm³/mol. The van der Waals surface area contributed by atoms with E-state index in [0.717, 1.165) is 24.3 Å². The Morgan fingerprint density at radius 1 is 1.32 bits per heavy atom. The van der Waals surface area contributed by atoms with Crippen molar-refractivity contribution >= 4 is 11.6 Å². The average molecular weight is 262 g/mol. The third-order valence-electron chi connectivity index (χ3n) is 2.85. The van der Waals surface area contributed by atoms with E-state index in [9.17, 15) is 4.79 Å². The van der Waals surface area contributed by atoms with Crippen LogP contribution in [0.25, 0.3) is 0 Å². The molecule has 4 nitrogen and oxygen atoms in total. The Morgan fingerprint density at radius 3 is 2.58 bits per heavy atom. The first-order valence-electron chi connectivity index (χ1n) is 6.93. The molecule has 0 aromatic heterocycles. The van der Waals surface area contributed by atoms with Gasteiger partial charge in [-0.15, -0.1) is 0 Å². The fourth-order valence-corrected chi connectivity index (χ4v) is 1.77. The Balaban J connectivity index is 1.68. The van der Waals surface area contributed by atoms with Gasteiger partial charge in [-0.1, -0.05) is 0 Å². The van der Waals surface area contributed by atoms with E-state index in [-0.39, 0.29) is 12.0 Å². The second kappa shape index (κ2) is 6.45. The first-order chi connectivity index (χ1) is 9.13. The van der Waals surface area contributed by atoms with E-state index in [2.05, 4.69) is 10.6 Å². The number of carbonyl (C=O) groups is 1. The first-order valence-corrected chi connectivity index (χ1v) is 6.93. The highest BCUT2D eigenvalue weighted by molar-refractivity contribution is 5.77. The summed E-state index contributed by atoms with van der Waals surface area (Å²) in [6, 6.07) is 8.26. The lowest BCUT2D eigenvalue weighted by atomic mass is 10.3. The highest BCUT2D eigenvalue weighted by Gasteiger charge is 2.22. The van der Waals surface area contributed by atoms with E-state index in [1.165, 1.54) is 0 Å². The summed E-state index contributed by atoms with van der Waals surface area (Å²) in [6.45, 7) is 4.66. The van der Waals surface area contributed by atoms with Crippen LogP contribution in [0, 0.1) is 0 Å². The standard InChI is InChI=1S/C15H22N2O2/c1-11(2)19-14-7-5-12(6-8-14)16-10-9-15(18)17-13-3-4-13/h5-8,11,13,16H,3-4,9-10H2,1-2H3,(H,17,18). The van der Waals surface area contributed by atoms with Gasteiger partial charge in [0.25, 0.3) is 0 Å². The third-order valence-corrected chi connectivity index (χ3v) is 2.85. The summed E-state index contributed by atoms with van der Waals surface area (Å²) in [5.41, 5.74) is 1.01. The van der Waals surface area contributed by atoms with E-state index >= 15 is 0 Å². The molecule has 1 amide bonds. The maximum Gasteiger partial charge on any atom is 0.221 e. The highest BCUT2D eigenvalue weighted by Crippen LogP contribution is 2.19. The quantitative estimate of drug-likeness (QED) is 0.794. The Hall–Kier alpha value is -1.71. The monoisotopic (exact) mass is 262 g/mol. The lowest BCUT2D eigenvalue weighted by molar-refractivity contribution is -0.120. The van der Waals surface area contributed by atoms with Crippen molar-refractivity contribution in [3.63, 3.8) is 0 Å². The lowest BCUT2D eigenvalue weighted by Crippen LogP contribution is -2.27. The molecule has 0 radical (unpaired) electrons. The molecule has 0 atom stereocenters. The average Bonchev–Trinajstić information content (AvgIpc) is 3.14. The van der Waals surface area contributed by atoms with Crippen LogP contribution in [0.3, 0.4) is 0 Å². The minimum Gasteiger partial charge on any atom is -0.491 e. The van der Waals surface area contributed by atoms with Crippen molar-refractivity contribution in [2.75, 3.05) is 11.9 Å². The van der Waals surface area contributed by atoms with Crippen molar-refractivity contribution in [2.45, 2.75) is 45.3 Å². The Bertz CT molecular complexity index is 411. The SMILES string of the molecule is CC(C)Oc1ccc(NCCC(=O)NC2CC2)cc1. The number of carbonyl (C=O) groups excluding carboxylic acids is 1. The molecule has 1 fully saturated rings. The number of anilines is 1.